The van der Waals surface area contributed by atoms with Gasteiger partial charge in [-0.05, 0) is 47.9 Å². The van der Waals surface area contributed by atoms with E-state index in [0.29, 0.717) is 22.7 Å². The van der Waals surface area contributed by atoms with E-state index in [0.717, 1.165) is 18.4 Å². The number of thioether (sulfide) groups is 1. The second kappa shape index (κ2) is 9.79. The van der Waals surface area contributed by atoms with E-state index in [2.05, 4.69) is 15.5 Å². The molecule has 0 spiro atoms. The van der Waals surface area contributed by atoms with Crippen LogP contribution in [0.15, 0.2) is 23.4 Å². The van der Waals surface area contributed by atoms with Crippen molar-refractivity contribution in [3.05, 3.63) is 23.8 Å². The van der Waals surface area contributed by atoms with Crippen molar-refractivity contribution in [1.29, 1.82) is 0 Å². The number of methoxy groups -OCH3 is 3. The molecule has 11 heteroatoms. The molecule has 30 heavy (non-hydrogen) atoms. The highest BCUT2D eigenvalue weighted by Crippen LogP contribution is 2.37. The highest BCUT2D eigenvalue weighted by atomic mass is 32.2. The standard InChI is InChI=1S/C19H25N5O5S/c1-12(30-19-20-21-22-24(19)14-5-6-14)18(26)23(11-17(25)29-4)10-13-7-15(27-2)9-16(8-13)28-3/h7-9,12,14H,5-6,10-11H2,1-4H3. The van der Waals surface area contributed by atoms with Crippen LogP contribution < -0.4 is 9.47 Å². The van der Waals surface area contributed by atoms with Gasteiger partial charge < -0.3 is 19.1 Å². The zero-order valence-corrected chi connectivity index (χ0v) is 18.2. The van der Waals surface area contributed by atoms with Crippen molar-refractivity contribution in [3.63, 3.8) is 0 Å². The fraction of sp³-hybridized carbons (Fsp3) is 0.526. The minimum absolute atomic E-state index is 0.173. The quantitative estimate of drug-likeness (QED) is 0.407. The Labute approximate surface area is 178 Å². The molecule has 1 unspecified atom stereocenters. The van der Waals surface area contributed by atoms with Crippen LogP contribution in [0, 0.1) is 0 Å². The molecule has 1 atom stereocenters. The van der Waals surface area contributed by atoms with Crippen LogP contribution in [0.3, 0.4) is 0 Å². The van der Waals surface area contributed by atoms with Crippen molar-refractivity contribution in [1.82, 2.24) is 25.1 Å². The predicted octanol–water partition coefficient (Wildman–Crippen LogP) is 1.71. The maximum Gasteiger partial charge on any atom is 0.325 e. The van der Waals surface area contributed by atoms with Crippen molar-refractivity contribution in [3.8, 4) is 11.5 Å². The minimum atomic E-state index is -0.502. The van der Waals surface area contributed by atoms with Gasteiger partial charge >= 0.3 is 5.97 Å². The minimum Gasteiger partial charge on any atom is -0.497 e. The first-order valence-electron chi connectivity index (χ1n) is 9.47. The number of ether oxygens (including phenoxy) is 3. The fourth-order valence-electron chi connectivity index (χ4n) is 2.89. The Hall–Kier alpha value is -2.82. The Balaban J connectivity index is 1.77. The van der Waals surface area contributed by atoms with Crippen LogP contribution in [0.1, 0.15) is 31.4 Å². The van der Waals surface area contributed by atoms with Crippen LogP contribution in [0.25, 0.3) is 0 Å². The summed E-state index contributed by atoms with van der Waals surface area (Å²) in [4.78, 5) is 26.6. The van der Waals surface area contributed by atoms with Crippen molar-refractivity contribution in [2.24, 2.45) is 0 Å². The number of carbonyl (C=O) groups is 2. The molecule has 162 valence electrons. The molecule has 0 N–H and O–H groups in total. The molecular weight excluding hydrogens is 410 g/mol. The van der Waals surface area contributed by atoms with Gasteiger partial charge in [0.25, 0.3) is 0 Å². The molecule has 0 radical (unpaired) electrons. The number of nitrogens with zero attached hydrogens (tertiary/aromatic N) is 5. The summed E-state index contributed by atoms with van der Waals surface area (Å²) < 4.78 is 17.1. The Morgan fingerprint density at radius 1 is 1.20 bits per heavy atom. The third-order valence-electron chi connectivity index (χ3n) is 4.63. The largest absolute Gasteiger partial charge is 0.497 e. The maximum atomic E-state index is 13.2. The zero-order valence-electron chi connectivity index (χ0n) is 17.4. The third kappa shape index (κ3) is 5.41. The molecule has 1 aliphatic rings. The van der Waals surface area contributed by atoms with Gasteiger partial charge in [0.05, 0.1) is 32.6 Å². The number of carbonyl (C=O) groups excluding carboxylic acids is 2. The van der Waals surface area contributed by atoms with Gasteiger partial charge in [-0.15, -0.1) is 5.10 Å². The topological polar surface area (TPSA) is 109 Å². The van der Waals surface area contributed by atoms with Gasteiger partial charge in [0.1, 0.15) is 18.0 Å². The number of hydrogen-bond acceptors (Lipinski definition) is 9. The Morgan fingerprint density at radius 3 is 2.43 bits per heavy atom. The highest BCUT2D eigenvalue weighted by molar-refractivity contribution is 8.00. The van der Waals surface area contributed by atoms with E-state index >= 15 is 0 Å². The van der Waals surface area contributed by atoms with Gasteiger partial charge in [-0.1, -0.05) is 11.8 Å². The van der Waals surface area contributed by atoms with Gasteiger partial charge in [-0.2, -0.15) is 0 Å². The van der Waals surface area contributed by atoms with Crippen molar-refractivity contribution < 1.29 is 23.8 Å². The summed E-state index contributed by atoms with van der Waals surface area (Å²) in [6.07, 6.45) is 2.07. The molecule has 1 aromatic heterocycles. The average Bonchev–Trinajstić information content (AvgIpc) is 3.50. The van der Waals surface area contributed by atoms with Gasteiger partial charge in [0, 0.05) is 12.6 Å². The summed E-state index contributed by atoms with van der Waals surface area (Å²) in [7, 11) is 4.40. The SMILES string of the molecule is COC(=O)CN(Cc1cc(OC)cc(OC)c1)C(=O)C(C)Sc1nnnn1C1CC1. The van der Waals surface area contributed by atoms with Crippen LogP contribution in [0.4, 0.5) is 0 Å². The molecule has 10 nitrogen and oxygen atoms in total. The van der Waals surface area contributed by atoms with Crippen molar-refractivity contribution in [2.45, 2.75) is 42.8 Å². The zero-order chi connectivity index (χ0) is 21.7. The lowest BCUT2D eigenvalue weighted by atomic mass is 10.1. The Morgan fingerprint density at radius 2 is 1.87 bits per heavy atom. The van der Waals surface area contributed by atoms with Crippen LogP contribution in [-0.2, 0) is 20.9 Å². The van der Waals surface area contributed by atoms with E-state index in [1.807, 2.05) is 0 Å². The first-order chi connectivity index (χ1) is 14.4. The van der Waals surface area contributed by atoms with E-state index < -0.39 is 11.2 Å². The number of esters is 1. The molecule has 1 amide bonds. The van der Waals surface area contributed by atoms with Crippen LogP contribution >= 0.6 is 11.8 Å². The van der Waals surface area contributed by atoms with E-state index in [1.54, 1.807) is 44.0 Å². The van der Waals surface area contributed by atoms with Gasteiger partial charge in [0.2, 0.25) is 11.1 Å². The molecular formula is C19H25N5O5S. The molecule has 0 saturated heterocycles. The first kappa shape index (κ1) is 21.9. The summed E-state index contributed by atoms with van der Waals surface area (Å²) in [5, 5.41) is 11.9. The van der Waals surface area contributed by atoms with Crippen LogP contribution in [0.5, 0.6) is 11.5 Å². The molecule has 3 rings (SSSR count). The van der Waals surface area contributed by atoms with Crippen LogP contribution in [-0.4, -0.2) is 70.1 Å². The van der Waals surface area contributed by atoms with Gasteiger partial charge in [-0.3, -0.25) is 9.59 Å². The average molecular weight is 436 g/mol. The van der Waals surface area contributed by atoms with E-state index in [9.17, 15) is 9.59 Å². The number of tetrazole rings is 1. The summed E-state index contributed by atoms with van der Waals surface area (Å²) in [5.41, 5.74) is 0.767. The molecule has 0 bridgehead atoms. The normalized spacial score (nSPS) is 14.1. The summed E-state index contributed by atoms with van der Waals surface area (Å²) in [6, 6.07) is 5.64. The Kier molecular flexibility index (Phi) is 7.14. The lowest BCUT2D eigenvalue weighted by Gasteiger charge is -2.25. The monoisotopic (exact) mass is 435 g/mol. The van der Waals surface area contributed by atoms with E-state index in [4.69, 9.17) is 14.2 Å². The van der Waals surface area contributed by atoms with E-state index in [-0.39, 0.29) is 19.0 Å². The molecule has 2 aromatic rings. The summed E-state index contributed by atoms with van der Waals surface area (Å²) in [5.74, 6) is 0.470. The molecule has 1 heterocycles. The maximum absolute atomic E-state index is 13.2. The molecule has 1 aromatic carbocycles. The number of rotatable bonds is 10. The van der Waals surface area contributed by atoms with Crippen molar-refractivity contribution >= 4 is 23.6 Å². The summed E-state index contributed by atoms with van der Waals surface area (Å²) in [6.45, 7) is 1.79. The smallest absolute Gasteiger partial charge is 0.325 e. The fourth-order valence-corrected chi connectivity index (χ4v) is 3.83. The first-order valence-corrected chi connectivity index (χ1v) is 10.3. The van der Waals surface area contributed by atoms with Crippen molar-refractivity contribution in [2.75, 3.05) is 27.9 Å². The molecule has 1 aliphatic carbocycles. The third-order valence-corrected chi connectivity index (χ3v) is 5.66. The number of benzene rings is 1. The van der Waals surface area contributed by atoms with E-state index in [1.165, 1.54) is 23.8 Å². The van der Waals surface area contributed by atoms with Gasteiger partial charge in [-0.25, -0.2) is 4.68 Å². The second-order valence-electron chi connectivity index (χ2n) is 6.89. The van der Waals surface area contributed by atoms with Gasteiger partial charge in [0.15, 0.2) is 0 Å². The highest BCUT2D eigenvalue weighted by Gasteiger charge is 2.31. The number of aromatic nitrogens is 4. The summed E-state index contributed by atoms with van der Waals surface area (Å²) >= 11 is 1.28. The lowest BCUT2D eigenvalue weighted by Crippen LogP contribution is -2.40. The molecule has 0 aliphatic heterocycles. The molecule has 1 fully saturated rings. The number of hydrogen-bond donors (Lipinski definition) is 0. The predicted molar refractivity (Wildman–Crippen MR) is 108 cm³/mol. The second-order valence-corrected chi connectivity index (χ2v) is 8.20. The Bertz CT molecular complexity index is 879. The molecule has 1 saturated carbocycles. The lowest BCUT2D eigenvalue weighted by molar-refractivity contribution is -0.147. The van der Waals surface area contributed by atoms with Crippen LogP contribution in [0.2, 0.25) is 0 Å². The number of amides is 1.